The minimum atomic E-state index is -0.216. The highest BCUT2D eigenvalue weighted by Gasteiger charge is 2.41. The van der Waals surface area contributed by atoms with E-state index in [1.807, 2.05) is 0 Å². The molecule has 5 aromatic rings. The van der Waals surface area contributed by atoms with E-state index in [2.05, 4.69) is 135 Å². The average Bonchev–Trinajstić information content (AvgIpc) is 3.14. The molecular formula is C33H26. The number of hydrogen-bond acceptors (Lipinski definition) is 0. The lowest BCUT2D eigenvalue weighted by Crippen LogP contribution is -2.22. The van der Waals surface area contributed by atoms with Gasteiger partial charge in [-0.3, -0.25) is 0 Å². The van der Waals surface area contributed by atoms with Crippen molar-refractivity contribution in [1.29, 1.82) is 0 Å². The van der Waals surface area contributed by atoms with Crippen LogP contribution < -0.4 is 0 Å². The number of aryl methyl sites for hydroxylation is 1. The summed E-state index contributed by atoms with van der Waals surface area (Å²) in [6.45, 7) is 4.59. The van der Waals surface area contributed by atoms with Crippen molar-refractivity contribution < 1.29 is 0 Å². The van der Waals surface area contributed by atoms with Crippen LogP contribution >= 0.6 is 0 Å². The Morgan fingerprint density at radius 2 is 1.00 bits per heavy atom. The second kappa shape index (κ2) is 7.60. The van der Waals surface area contributed by atoms with Crippen LogP contribution in [0.2, 0.25) is 0 Å². The highest BCUT2D eigenvalue weighted by molar-refractivity contribution is 5.85. The minimum Gasteiger partial charge on any atom is -0.0622 e. The molecule has 1 unspecified atom stereocenters. The van der Waals surface area contributed by atoms with E-state index in [9.17, 15) is 0 Å². The molecule has 0 amide bonds. The zero-order valence-corrected chi connectivity index (χ0v) is 19.0. The number of benzene rings is 5. The summed E-state index contributed by atoms with van der Waals surface area (Å²) in [6.07, 6.45) is 0. The normalized spacial score (nSPS) is 16.3. The standard InChI is InChI=1S/C33H26/c1-23-17-18-30-29-15-9-10-16-31(29)33(2,32(30)19-23)28-21-26(24-11-5-3-6-12-24)20-27(22-28)25-13-7-4-8-14-25/h3-22H,1-2H3. The van der Waals surface area contributed by atoms with Gasteiger partial charge < -0.3 is 0 Å². The third kappa shape index (κ3) is 3.14. The van der Waals surface area contributed by atoms with E-state index in [0.29, 0.717) is 0 Å². The molecule has 0 nitrogen and oxygen atoms in total. The first-order chi connectivity index (χ1) is 16.1. The predicted octanol–water partition coefficient (Wildman–Crippen LogP) is 8.66. The van der Waals surface area contributed by atoms with Gasteiger partial charge in [-0.05, 0) is 82.1 Å². The maximum absolute atomic E-state index is 2.40. The topological polar surface area (TPSA) is 0 Å². The van der Waals surface area contributed by atoms with E-state index in [4.69, 9.17) is 0 Å². The molecule has 5 aromatic carbocycles. The van der Waals surface area contributed by atoms with Gasteiger partial charge in [-0.1, -0.05) is 109 Å². The van der Waals surface area contributed by atoms with E-state index in [1.165, 1.54) is 55.6 Å². The first-order valence-corrected chi connectivity index (χ1v) is 11.6. The van der Waals surface area contributed by atoms with Gasteiger partial charge >= 0.3 is 0 Å². The maximum Gasteiger partial charge on any atom is 0.0436 e. The highest BCUT2D eigenvalue weighted by atomic mass is 14.4. The Labute approximate surface area is 196 Å². The third-order valence-corrected chi connectivity index (χ3v) is 7.19. The Hall–Kier alpha value is -3.90. The van der Waals surface area contributed by atoms with Gasteiger partial charge in [0.05, 0.1) is 0 Å². The van der Waals surface area contributed by atoms with Gasteiger partial charge in [-0.15, -0.1) is 0 Å². The summed E-state index contributed by atoms with van der Waals surface area (Å²) in [5.74, 6) is 0. The molecule has 0 heterocycles. The second-order valence-corrected chi connectivity index (χ2v) is 9.25. The van der Waals surface area contributed by atoms with Crippen LogP contribution in [0.4, 0.5) is 0 Å². The highest BCUT2D eigenvalue weighted by Crippen LogP contribution is 2.53. The summed E-state index contributed by atoms with van der Waals surface area (Å²) >= 11 is 0. The van der Waals surface area contributed by atoms with Crippen LogP contribution in [0.5, 0.6) is 0 Å². The van der Waals surface area contributed by atoms with Crippen molar-refractivity contribution in [2.24, 2.45) is 0 Å². The van der Waals surface area contributed by atoms with E-state index in [0.717, 1.165) is 0 Å². The first-order valence-electron chi connectivity index (χ1n) is 11.6. The van der Waals surface area contributed by atoms with Crippen LogP contribution in [-0.4, -0.2) is 0 Å². The zero-order valence-electron chi connectivity index (χ0n) is 19.0. The maximum atomic E-state index is 2.40. The molecular weight excluding hydrogens is 396 g/mol. The monoisotopic (exact) mass is 422 g/mol. The van der Waals surface area contributed by atoms with Crippen LogP contribution in [0.15, 0.2) is 121 Å². The molecule has 33 heavy (non-hydrogen) atoms. The van der Waals surface area contributed by atoms with Crippen LogP contribution in [0, 0.1) is 6.92 Å². The molecule has 0 heteroatoms. The van der Waals surface area contributed by atoms with Gasteiger partial charge in [0.15, 0.2) is 0 Å². The summed E-state index contributed by atoms with van der Waals surface area (Å²) in [5.41, 5.74) is 12.9. The van der Waals surface area contributed by atoms with Crippen molar-refractivity contribution in [3.63, 3.8) is 0 Å². The van der Waals surface area contributed by atoms with Gasteiger partial charge in [0, 0.05) is 5.41 Å². The van der Waals surface area contributed by atoms with Gasteiger partial charge in [-0.25, -0.2) is 0 Å². The van der Waals surface area contributed by atoms with Crippen LogP contribution in [0.25, 0.3) is 33.4 Å². The third-order valence-electron chi connectivity index (χ3n) is 7.19. The van der Waals surface area contributed by atoms with Gasteiger partial charge in [0.25, 0.3) is 0 Å². The molecule has 0 N–H and O–H groups in total. The SMILES string of the molecule is Cc1ccc2c(c1)C(C)(c1cc(-c3ccccc3)cc(-c3ccccc3)c1)c1ccccc1-2. The summed E-state index contributed by atoms with van der Waals surface area (Å²) in [6, 6.07) is 44.4. The summed E-state index contributed by atoms with van der Waals surface area (Å²) in [7, 11) is 0. The molecule has 0 aliphatic heterocycles. The average molecular weight is 423 g/mol. The fraction of sp³-hybridized carbons (Fsp3) is 0.0909. The largest absolute Gasteiger partial charge is 0.0622 e. The molecule has 0 bridgehead atoms. The zero-order chi connectivity index (χ0) is 22.4. The van der Waals surface area contributed by atoms with E-state index in [1.54, 1.807) is 0 Å². The van der Waals surface area contributed by atoms with Crippen molar-refractivity contribution >= 4 is 0 Å². The summed E-state index contributed by atoms with van der Waals surface area (Å²) in [4.78, 5) is 0. The van der Waals surface area contributed by atoms with Crippen molar-refractivity contribution in [3.05, 3.63) is 144 Å². The van der Waals surface area contributed by atoms with Gasteiger partial charge in [0.2, 0.25) is 0 Å². The Morgan fingerprint density at radius 1 is 0.455 bits per heavy atom. The lowest BCUT2D eigenvalue weighted by molar-refractivity contribution is 0.714. The molecule has 0 saturated carbocycles. The second-order valence-electron chi connectivity index (χ2n) is 9.25. The number of fused-ring (bicyclic) bond motifs is 3. The summed E-state index contributed by atoms with van der Waals surface area (Å²) < 4.78 is 0. The Bertz CT molecular complexity index is 1400. The van der Waals surface area contributed by atoms with Crippen LogP contribution in [0.1, 0.15) is 29.2 Å². The predicted molar refractivity (Wildman–Crippen MR) is 139 cm³/mol. The first kappa shape index (κ1) is 19.8. The fourth-order valence-electron chi connectivity index (χ4n) is 5.43. The fourth-order valence-corrected chi connectivity index (χ4v) is 5.43. The molecule has 0 fully saturated rings. The van der Waals surface area contributed by atoms with E-state index < -0.39 is 0 Å². The quantitative estimate of drug-likeness (QED) is 0.273. The molecule has 6 rings (SSSR count). The smallest absolute Gasteiger partial charge is 0.0436 e. The number of rotatable bonds is 3. The van der Waals surface area contributed by atoms with Crippen molar-refractivity contribution in [2.45, 2.75) is 19.3 Å². The summed E-state index contributed by atoms with van der Waals surface area (Å²) in [5, 5.41) is 0. The lowest BCUT2D eigenvalue weighted by atomic mass is 9.72. The molecule has 0 spiro atoms. The van der Waals surface area contributed by atoms with Gasteiger partial charge in [-0.2, -0.15) is 0 Å². The van der Waals surface area contributed by atoms with Crippen molar-refractivity contribution in [3.8, 4) is 33.4 Å². The van der Waals surface area contributed by atoms with Crippen molar-refractivity contribution in [1.82, 2.24) is 0 Å². The van der Waals surface area contributed by atoms with E-state index in [-0.39, 0.29) is 5.41 Å². The Balaban J connectivity index is 1.66. The van der Waals surface area contributed by atoms with Crippen LogP contribution in [0.3, 0.4) is 0 Å². The lowest BCUT2D eigenvalue weighted by Gasteiger charge is -2.30. The number of hydrogen-bond donors (Lipinski definition) is 0. The Kier molecular flexibility index (Phi) is 4.55. The minimum absolute atomic E-state index is 0.216. The molecule has 0 aromatic heterocycles. The molecule has 1 aliphatic carbocycles. The van der Waals surface area contributed by atoms with Crippen LogP contribution in [-0.2, 0) is 5.41 Å². The molecule has 0 saturated heterocycles. The van der Waals surface area contributed by atoms with Crippen molar-refractivity contribution in [2.75, 3.05) is 0 Å². The molecule has 1 aliphatic rings. The molecule has 0 radical (unpaired) electrons. The van der Waals surface area contributed by atoms with Gasteiger partial charge in [0.1, 0.15) is 0 Å². The Morgan fingerprint density at radius 3 is 1.64 bits per heavy atom. The van der Waals surface area contributed by atoms with E-state index >= 15 is 0 Å². The molecule has 158 valence electrons. The molecule has 1 atom stereocenters.